The van der Waals surface area contributed by atoms with E-state index in [0.29, 0.717) is 46.8 Å². The zero-order valence-electron chi connectivity index (χ0n) is 19.5. The number of aliphatic hydroxyl groups is 1. The molecule has 3 nitrogen and oxygen atoms in total. The first-order chi connectivity index (χ1) is 13.7. The maximum atomic E-state index is 11.7. The third-order valence-corrected chi connectivity index (χ3v) is 10.7. The Labute approximate surface area is 178 Å². The van der Waals surface area contributed by atoms with Crippen LogP contribution in [-0.4, -0.2) is 24.3 Å². The molecule has 0 amide bonds. The van der Waals surface area contributed by atoms with E-state index >= 15 is 0 Å². The van der Waals surface area contributed by atoms with E-state index in [4.69, 9.17) is 4.74 Å². The monoisotopic (exact) mass is 404 g/mol. The Morgan fingerprint density at radius 3 is 2.48 bits per heavy atom. The summed E-state index contributed by atoms with van der Waals surface area (Å²) in [6.07, 6.45) is 11.7. The van der Waals surface area contributed by atoms with Crippen LogP contribution < -0.4 is 0 Å². The van der Waals surface area contributed by atoms with Crippen LogP contribution in [-0.2, 0) is 9.53 Å². The lowest BCUT2D eigenvalue weighted by Crippen LogP contribution is -2.58. The highest BCUT2D eigenvalue weighted by molar-refractivity contribution is 5.69. The van der Waals surface area contributed by atoms with E-state index in [1.54, 1.807) is 0 Å². The molecule has 166 valence electrons. The maximum absolute atomic E-state index is 11.7. The van der Waals surface area contributed by atoms with E-state index in [0.717, 1.165) is 24.7 Å². The molecule has 0 radical (unpaired) electrons. The van der Waals surface area contributed by atoms with Crippen molar-refractivity contribution in [2.45, 2.75) is 98.0 Å². The predicted octanol–water partition coefficient (Wildman–Crippen LogP) is 5.84. The van der Waals surface area contributed by atoms with E-state index < -0.39 is 0 Å². The minimum Gasteiger partial charge on any atom is -0.469 e. The van der Waals surface area contributed by atoms with E-state index in [9.17, 15) is 9.90 Å². The van der Waals surface area contributed by atoms with Crippen molar-refractivity contribution in [2.75, 3.05) is 7.11 Å². The van der Waals surface area contributed by atoms with Gasteiger partial charge in [0.1, 0.15) is 0 Å². The molecule has 4 fully saturated rings. The summed E-state index contributed by atoms with van der Waals surface area (Å²) in [5.41, 5.74) is 0.787. The van der Waals surface area contributed by atoms with Crippen molar-refractivity contribution in [3.05, 3.63) is 0 Å². The van der Waals surface area contributed by atoms with Gasteiger partial charge < -0.3 is 9.84 Å². The quantitative estimate of drug-likeness (QED) is 0.599. The van der Waals surface area contributed by atoms with Gasteiger partial charge in [-0.15, -0.1) is 0 Å². The molecule has 0 saturated heterocycles. The molecule has 0 heterocycles. The van der Waals surface area contributed by atoms with Gasteiger partial charge in [0.15, 0.2) is 0 Å². The number of hydrogen-bond acceptors (Lipinski definition) is 3. The molecule has 3 heteroatoms. The third-order valence-electron chi connectivity index (χ3n) is 10.7. The molecule has 7 unspecified atom stereocenters. The Bertz CT molecular complexity index is 617. The van der Waals surface area contributed by atoms with Crippen LogP contribution in [0.5, 0.6) is 0 Å². The fourth-order valence-electron chi connectivity index (χ4n) is 9.06. The molecule has 0 bridgehead atoms. The molecule has 0 aromatic heterocycles. The number of esters is 1. The fourth-order valence-corrected chi connectivity index (χ4v) is 9.06. The van der Waals surface area contributed by atoms with Gasteiger partial charge in [-0.25, -0.2) is 0 Å². The van der Waals surface area contributed by atoms with Crippen molar-refractivity contribution in [3.63, 3.8) is 0 Å². The Balaban J connectivity index is 1.53. The molecule has 4 aliphatic rings. The van der Waals surface area contributed by atoms with E-state index in [-0.39, 0.29) is 12.1 Å². The summed E-state index contributed by atoms with van der Waals surface area (Å²) in [7, 11) is 1.49. The van der Waals surface area contributed by atoms with Gasteiger partial charge in [0.2, 0.25) is 0 Å². The summed E-state index contributed by atoms with van der Waals surface area (Å²) < 4.78 is 4.88. The van der Waals surface area contributed by atoms with Gasteiger partial charge in [0.05, 0.1) is 13.2 Å². The molecule has 0 spiro atoms. The first kappa shape index (κ1) is 21.7. The Morgan fingerprint density at radius 1 is 1.07 bits per heavy atom. The van der Waals surface area contributed by atoms with Crippen LogP contribution in [0.4, 0.5) is 0 Å². The second-order valence-corrected chi connectivity index (χ2v) is 12.0. The van der Waals surface area contributed by atoms with E-state index in [1.165, 1.54) is 52.1 Å². The van der Waals surface area contributed by atoms with Crippen LogP contribution in [0.3, 0.4) is 0 Å². The average molecular weight is 405 g/mol. The van der Waals surface area contributed by atoms with Gasteiger partial charge in [-0.2, -0.15) is 0 Å². The first-order valence-electron chi connectivity index (χ1n) is 12.5. The third kappa shape index (κ3) is 3.48. The van der Waals surface area contributed by atoms with Crippen molar-refractivity contribution in [2.24, 2.45) is 52.3 Å². The largest absolute Gasteiger partial charge is 0.469 e. The molecule has 1 N–H and O–H groups in total. The summed E-state index contributed by atoms with van der Waals surface area (Å²) in [6.45, 7) is 9.88. The lowest BCUT2D eigenvalue weighted by atomic mass is 9.43. The van der Waals surface area contributed by atoms with Gasteiger partial charge in [0.25, 0.3) is 0 Å². The number of methoxy groups -OCH3 is 1. The Morgan fingerprint density at radius 2 is 1.76 bits per heavy atom. The van der Waals surface area contributed by atoms with Crippen LogP contribution in [0.15, 0.2) is 0 Å². The number of ether oxygens (including phenoxy) is 1. The lowest BCUT2D eigenvalue weighted by Gasteiger charge is -2.62. The van der Waals surface area contributed by atoms with Crippen molar-refractivity contribution in [1.82, 2.24) is 0 Å². The SMILES string of the molecule is COC(=O)CCC(C)C1CCC2C3C(O)CC4C[C@H](C)CC[C@]4(C)C3CC[C@]12C. The van der Waals surface area contributed by atoms with Gasteiger partial charge >= 0.3 is 5.97 Å². The van der Waals surface area contributed by atoms with Crippen LogP contribution >= 0.6 is 0 Å². The van der Waals surface area contributed by atoms with Crippen LogP contribution in [0, 0.1) is 52.3 Å². The summed E-state index contributed by atoms with van der Waals surface area (Å²) in [6, 6.07) is 0. The zero-order valence-corrected chi connectivity index (χ0v) is 19.5. The molecule has 0 aliphatic heterocycles. The van der Waals surface area contributed by atoms with Crippen LogP contribution in [0.25, 0.3) is 0 Å². The topological polar surface area (TPSA) is 46.5 Å². The highest BCUT2D eigenvalue weighted by Crippen LogP contribution is 2.68. The molecule has 4 saturated carbocycles. The molecular weight excluding hydrogens is 360 g/mol. The summed E-state index contributed by atoms with van der Waals surface area (Å²) in [4.78, 5) is 11.7. The average Bonchev–Trinajstić information content (AvgIpc) is 3.04. The minimum absolute atomic E-state index is 0.0755. The zero-order chi connectivity index (χ0) is 21.0. The maximum Gasteiger partial charge on any atom is 0.305 e. The molecule has 0 aromatic carbocycles. The van der Waals surface area contributed by atoms with E-state index in [1.807, 2.05) is 0 Å². The molecule has 10 atom stereocenters. The van der Waals surface area contributed by atoms with Crippen LogP contribution in [0.2, 0.25) is 0 Å². The second-order valence-electron chi connectivity index (χ2n) is 12.0. The summed E-state index contributed by atoms with van der Waals surface area (Å²) in [5.74, 6) is 4.60. The fraction of sp³-hybridized carbons (Fsp3) is 0.962. The number of carbonyl (C=O) groups is 1. The lowest BCUT2D eigenvalue weighted by molar-refractivity contribution is -0.168. The van der Waals surface area contributed by atoms with E-state index in [2.05, 4.69) is 27.7 Å². The van der Waals surface area contributed by atoms with Gasteiger partial charge in [-0.1, -0.05) is 34.1 Å². The number of fused-ring (bicyclic) bond motifs is 5. The number of aliphatic hydroxyl groups excluding tert-OH is 1. The Kier molecular flexibility index (Phi) is 5.86. The molecular formula is C26H44O3. The second kappa shape index (κ2) is 7.84. The summed E-state index contributed by atoms with van der Waals surface area (Å²) in [5, 5.41) is 11.4. The summed E-state index contributed by atoms with van der Waals surface area (Å²) >= 11 is 0. The van der Waals surface area contributed by atoms with Gasteiger partial charge in [0, 0.05) is 6.42 Å². The van der Waals surface area contributed by atoms with Gasteiger partial charge in [-0.05, 0) is 104 Å². The molecule has 4 rings (SSSR count). The van der Waals surface area contributed by atoms with Crippen molar-refractivity contribution < 1.29 is 14.6 Å². The Hall–Kier alpha value is -0.570. The first-order valence-corrected chi connectivity index (χ1v) is 12.5. The molecule has 0 aromatic rings. The van der Waals surface area contributed by atoms with Gasteiger partial charge in [-0.3, -0.25) is 4.79 Å². The highest BCUT2D eigenvalue weighted by atomic mass is 16.5. The predicted molar refractivity (Wildman–Crippen MR) is 116 cm³/mol. The van der Waals surface area contributed by atoms with Crippen molar-refractivity contribution in [1.29, 1.82) is 0 Å². The van der Waals surface area contributed by atoms with Crippen molar-refractivity contribution in [3.8, 4) is 0 Å². The smallest absolute Gasteiger partial charge is 0.305 e. The molecule has 29 heavy (non-hydrogen) atoms. The standard InChI is InChI=1S/C26H44O3/c1-16-10-12-25(3)18(14-16)15-22(27)24-20-8-7-19(17(2)6-9-23(28)29-5)26(20,4)13-11-21(24)25/h16-22,24,27H,6-15H2,1-5H3/t16-,17?,18?,19?,20?,21?,22?,24?,25+,26-/m1/s1. The molecule has 4 aliphatic carbocycles. The minimum atomic E-state index is -0.0999. The highest BCUT2D eigenvalue weighted by Gasteiger charge is 2.62. The normalized spacial score (nSPS) is 50.2. The number of hydrogen-bond donors (Lipinski definition) is 1. The number of rotatable bonds is 4. The van der Waals surface area contributed by atoms with Crippen molar-refractivity contribution >= 4 is 5.97 Å². The number of carbonyl (C=O) groups excluding carboxylic acids is 1. The van der Waals surface area contributed by atoms with Crippen LogP contribution in [0.1, 0.15) is 91.9 Å².